The zero-order chi connectivity index (χ0) is 18.0. The number of amides is 1. The molecule has 4 heteroatoms. The maximum Gasteiger partial charge on any atom is 0.415 e. The number of carbonyl (C=O) groups excluding carboxylic acids is 1. The molecule has 0 saturated carbocycles. The Morgan fingerprint density at radius 3 is 2.80 bits per heavy atom. The number of hydrogen-bond donors (Lipinski definition) is 0. The largest absolute Gasteiger partial charge is 0.443 e. The van der Waals surface area contributed by atoms with Gasteiger partial charge in [0.1, 0.15) is 5.60 Å². The third kappa shape index (κ3) is 3.61. The first-order valence-electron chi connectivity index (χ1n) is 8.78. The van der Waals surface area contributed by atoms with E-state index < -0.39 is 5.60 Å². The summed E-state index contributed by atoms with van der Waals surface area (Å²) in [5.41, 5.74) is 2.70. The zero-order valence-corrected chi connectivity index (χ0v) is 15.0. The fourth-order valence-corrected chi connectivity index (χ4v) is 3.49. The van der Waals surface area contributed by atoms with Gasteiger partial charge in [-0.05, 0) is 44.7 Å². The van der Waals surface area contributed by atoms with Crippen LogP contribution in [-0.4, -0.2) is 16.6 Å². The fraction of sp³-hybridized carbons (Fsp3) is 0.429. The van der Waals surface area contributed by atoms with Crippen molar-refractivity contribution >= 4 is 12.2 Å². The van der Waals surface area contributed by atoms with Crippen molar-refractivity contribution in [2.24, 2.45) is 5.92 Å². The number of nitrogens with zero attached hydrogens (tertiary/aromatic N) is 2. The first kappa shape index (κ1) is 17.3. The van der Waals surface area contributed by atoms with Gasteiger partial charge in [0.2, 0.25) is 0 Å². The molecule has 2 atom stereocenters. The summed E-state index contributed by atoms with van der Waals surface area (Å²) in [6, 6.07) is 10.3. The second-order valence-corrected chi connectivity index (χ2v) is 7.53. The summed E-state index contributed by atoms with van der Waals surface area (Å²) >= 11 is 0. The highest BCUT2D eigenvalue weighted by Gasteiger charge is 2.41. The molecule has 130 valence electrons. The third-order valence-electron chi connectivity index (χ3n) is 4.46. The summed E-state index contributed by atoms with van der Waals surface area (Å²) in [4.78, 5) is 14.7. The van der Waals surface area contributed by atoms with E-state index in [1.54, 1.807) is 4.90 Å². The molecule has 0 unspecified atom stereocenters. The summed E-state index contributed by atoms with van der Waals surface area (Å²) < 4.78 is 5.68. The first-order chi connectivity index (χ1) is 11.9. The van der Waals surface area contributed by atoms with Crippen molar-refractivity contribution in [2.75, 3.05) is 0 Å². The Kier molecular flexibility index (Phi) is 4.67. The van der Waals surface area contributed by atoms with E-state index in [1.807, 2.05) is 32.9 Å². The lowest BCUT2D eigenvalue weighted by molar-refractivity contribution is 0.0240. The van der Waals surface area contributed by atoms with Crippen LogP contribution in [0.25, 0.3) is 6.08 Å². The fourth-order valence-electron chi connectivity index (χ4n) is 3.49. The van der Waals surface area contributed by atoms with Crippen LogP contribution in [0.15, 0.2) is 42.1 Å². The Bertz CT molecular complexity index is 765. The van der Waals surface area contributed by atoms with Crippen LogP contribution in [0.2, 0.25) is 0 Å². The zero-order valence-electron chi connectivity index (χ0n) is 15.0. The standard InChI is InChI=1S/C21H24N2O2/c1-21(2,3)25-20(24)23-17(9-6-7-13-22)14-16-12-11-15-8-4-5-10-18(15)19(16)23/h4-5,8,10-12,14,16,19H,6-7,9H2,1-3H3/t16-,19+/m1/s1. The number of fused-ring (bicyclic) bond motifs is 3. The number of allylic oxidation sites excluding steroid dienone is 1. The first-order valence-corrected chi connectivity index (χ1v) is 8.78. The molecule has 0 N–H and O–H groups in total. The van der Waals surface area contributed by atoms with Gasteiger partial charge in [-0.15, -0.1) is 0 Å². The summed E-state index contributed by atoms with van der Waals surface area (Å²) in [5, 5.41) is 8.82. The van der Waals surface area contributed by atoms with Gasteiger partial charge in [-0.2, -0.15) is 5.26 Å². The van der Waals surface area contributed by atoms with Crippen LogP contribution in [0.3, 0.4) is 0 Å². The van der Waals surface area contributed by atoms with Gasteiger partial charge < -0.3 is 4.74 Å². The van der Waals surface area contributed by atoms with Crippen molar-refractivity contribution in [3.8, 4) is 6.07 Å². The third-order valence-corrected chi connectivity index (χ3v) is 4.46. The lowest BCUT2D eigenvalue weighted by Crippen LogP contribution is -2.38. The number of hydrogen-bond acceptors (Lipinski definition) is 3. The molecular weight excluding hydrogens is 312 g/mol. The lowest BCUT2D eigenvalue weighted by Gasteiger charge is -2.34. The van der Waals surface area contributed by atoms with Crippen molar-refractivity contribution in [1.82, 2.24) is 4.90 Å². The van der Waals surface area contributed by atoms with Gasteiger partial charge in [-0.1, -0.05) is 42.5 Å². The van der Waals surface area contributed by atoms with E-state index >= 15 is 0 Å². The molecule has 4 nitrogen and oxygen atoms in total. The molecular formula is C21H24N2O2. The van der Waals surface area contributed by atoms with Crippen molar-refractivity contribution < 1.29 is 9.53 Å². The van der Waals surface area contributed by atoms with Crippen molar-refractivity contribution in [1.29, 1.82) is 5.26 Å². The minimum Gasteiger partial charge on any atom is -0.443 e. The van der Waals surface area contributed by atoms with Gasteiger partial charge in [0.05, 0.1) is 12.1 Å². The predicted octanol–water partition coefficient (Wildman–Crippen LogP) is 5.20. The molecule has 2 aliphatic rings. The van der Waals surface area contributed by atoms with Crippen LogP contribution >= 0.6 is 0 Å². The number of carbonyl (C=O) groups is 1. The van der Waals surface area contributed by atoms with Crippen molar-refractivity contribution in [3.05, 3.63) is 53.2 Å². The van der Waals surface area contributed by atoms with E-state index in [2.05, 4.69) is 36.4 Å². The van der Waals surface area contributed by atoms with E-state index in [1.165, 1.54) is 0 Å². The second kappa shape index (κ2) is 6.76. The highest BCUT2D eigenvalue weighted by atomic mass is 16.6. The number of rotatable bonds is 3. The minimum absolute atomic E-state index is 0.0619. The van der Waals surface area contributed by atoms with Gasteiger partial charge in [-0.3, -0.25) is 4.90 Å². The molecule has 1 aromatic rings. The molecule has 0 spiro atoms. The number of unbranched alkanes of at least 4 members (excludes halogenated alkanes) is 1. The SMILES string of the molecule is CC(C)(C)OC(=O)N1C(CCCC#N)=C[C@H]2C=Cc3ccccc3[C@H]21. The molecule has 0 aromatic heterocycles. The summed E-state index contributed by atoms with van der Waals surface area (Å²) in [6.07, 6.45) is 8.05. The van der Waals surface area contributed by atoms with E-state index in [4.69, 9.17) is 10.00 Å². The average molecular weight is 336 g/mol. The van der Waals surface area contributed by atoms with Gasteiger partial charge in [-0.25, -0.2) is 4.79 Å². The van der Waals surface area contributed by atoms with Crippen LogP contribution in [0.1, 0.15) is 57.2 Å². The Balaban J connectivity index is 1.94. The van der Waals surface area contributed by atoms with E-state index in [-0.39, 0.29) is 18.1 Å². The molecule has 25 heavy (non-hydrogen) atoms. The maximum absolute atomic E-state index is 12.9. The Hall–Kier alpha value is -2.54. The quantitative estimate of drug-likeness (QED) is 0.713. The van der Waals surface area contributed by atoms with Crippen molar-refractivity contribution in [2.45, 2.75) is 51.7 Å². The smallest absolute Gasteiger partial charge is 0.415 e. The molecule has 0 fully saturated rings. The topological polar surface area (TPSA) is 53.3 Å². The van der Waals surface area contributed by atoms with Gasteiger partial charge in [0, 0.05) is 18.0 Å². The lowest BCUT2D eigenvalue weighted by atomic mass is 9.86. The molecule has 3 rings (SSSR count). The average Bonchev–Trinajstić information content (AvgIpc) is 2.92. The molecule has 1 heterocycles. The molecule has 1 amide bonds. The molecule has 1 aliphatic heterocycles. The minimum atomic E-state index is -0.545. The highest BCUT2D eigenvalue weighted by molar-refractivity contribution is 5.74. The highest BCUT2D eigenvalue weighted by Crippen LogP contribution is 2.46. The van der Waals surface area contributed by atoms with Crippen LogP contribution in [0.5, 0.6) is 0 Å². The summed E-state index contributed by atoms with van der Waals surface area (Å²) in [7, 11) is 0. The van der Waals surface area contributed by atoms with Gasteiger partial charge in [0.25, 0.3) is 0 Å². The maximum atomic E-state index is 12.9. The summed E-state index contributed by atoms with van der Waals surface area (Å²) in [5.74, 6) is 0.152. The normalized spacial score (nSPS) is 21.2. The van der Waals surface area contributed by atoms with Crippen LogP contribution in [-0.2, 0) is 4.74 Å². The van der Waals surface area contributed by atoms with Gasteiger partial charge in [0.15, 0.2) is 0 Å². The number of ether oxygens (including phenoxy) is 1. The van der Waals surface area contributed by atoms with E-state index in [0.29, 0.717) is 12.8 Å². The Morgan fingerprint density at radius 1 is 1.32 bits per heavy atom. The van der Waals surface area contributed by atoms with Crippen LogP contribution in [0.4, 0.5) is 4.79 Å². The monoisotopic (exact) mass is 336 g/mol. The van der Waals surface area contributed by atoms with Gasteiger partial charge >= 0.3 is 6.09 Å². The predicted molar refractivity (Wildman–Crippen MR) is 97.3 cm³/mol. The van der Waals surface area contributed by atoms with Crippen LogP contribution < -0.4 is 0 Å². The Morgan fingerprint density at radius 2 is 2.08 bits per heavy atom. The molecule has 0 bridgehead atoms. The summed E-state index contributed by atoms with van der Waals surface area (Å²) in [6.45, 7) is 5.64. The molecule has 1 aliphatic carbocycles. The van der Waals surface area contributed by atoms with Crippen molar-refractivity contribution in [3.63, 3.8) is 0 Å². The molecule has 0 radical (unpaired) electrons. The molecule has 0 saturated heterocycles. The number of benzene rings is 1. The Labute approximate surface area is 149 Å². The molecule has 1 aromatic carbocycles. The second-order valence-electron chi connectivity index (χ2n) is 7.53. The van der Waals surface area contributed by atoms with Crippen LogP contribution in [0, 0.1) is 17.2 Å². The van der Waals surface area contributed by atoms with E-state index in [0.717, 1.165) is 23.2 Å². The van der Waals surface area contributed by atoms with E-state index in [9.17, 15) is 4.79 Å². The number of nitriles is 1.